The summed E-state index contributed by atoms with van der Waals surface area (Å²) in [5.41, 5.74) is 3.20. The highest BCUT2D eigenvalue weighted by molar-refractivity contribution is 9.08. The average Bonchev–Trinajstić information content (AvgIpc) is 2.88. The molecule has 0 saturated carbocycles. The summed E-state index contributed by atoms with van der Waals surface area (Å²) >= 11 is 3.37. The van der Waals surface area contributed by atoms with Crippen LogP contribution in [0.15, 0.2) is 24.4 Å². The van der Waals surface area contributed by atoms with Crippen molar-refractivity contribution in [1.82, 2.24) is 14.8 Å². The van der Waals surface area contributed by atoms with Crippen molar-refractivity contribution in [2.75, 3.05) is 0 Å². The Morgan fingerprint density at radius 1 is 1.26 bits per heavy atom. The maximum Gasteiger partial charge on any atom is 0.138 e. The lowest BCUT2D eigenvalue weighted by molar-refractivity contribution is 0.291. The first-order valence-corrected chi connectivity index (χ1v) is 7.58. The van der Waals surface area contributed by atoms with Gasteiger partial charge in [-0.3, -0.25) is 9.67 Å². The third-order valence-corrected chi connectivity index (χ3v) is 3.47. The Labute approximate surface area is 121 Å². The van der Waals surface area contributed by atoms with E-state index in [9.17, 15) is 0 Å². The molecule has 4 nitrogen and oxygen atoms in total. The number of nitrogens with zero attached hydrogens (tertiary/aromatic N) is 3. The Bertz CT molecular complexity index is 522. The Balaban J connectivity index is 2.02. The van der Waals surface area contributed by atoms with Crippen LogP contribution in [0.3, 0.4) is 0 Å². The number of halogens is 1. The highest BCUT2D eigenvalue weighted by atomic mass is 79.9. The summed E-state index contributed by atoms with van der Waals surface area (Å²) in [5.74, 6) is 0.784. The predicted molar refractivity (Wildman–Crippen MR) is 78.5 cm³/mol. The first-order valence-electron chi connectivity index (χ1n) is 6.46. The van der Waals surface area contributed by atoms with Gasteiger partial charge in [-0.1, -0.05) is 22.9 Å². The molecule has 0 aromatic carbocycles. The Hall–Kier alpha value is -1.36. The smallest absolute Gasteiger partial charge is 0.138 e. The van der Waals surface area contributed by atoms with Crippen molar-refractivity contribution < 1.29 is 4.74 Å². The molecule has 0 aliphatic rings. The molecule has 19 heavy (non-hydrogen) atoms. The fourth-order valence-corrected chi connectivity index (χ4v) is 2.14. The monoisotopic (exact) mass is 323 g/mol. The molecular weight excluding hydrogens is 306 g/mol. The highest BCUT2D eigenvalue weighted by Crippen LogP contribution is 2.14. The second-order valence-corrected chi connectivity index (χ2v) is 4.76. The van der Waals surface area contributed by atoms with Crippen molar-refractivity contribution in [1.29, 1.82) is 0 Å². The standard InChI is InChI=1S/C14H18BrN3O/c1-3-11-7-13(18(4-2)17-11)10-19-14-6-5-12(8-15)16-9-14/h5-7,9H,3-4,8,10H2,1-2H3. The van der Waals surface area contributed by atoms with Gasteiger partial charge < -0.3 is 4.74 Å². The van der Waals surface area contributed by atoms with Crippen LogP contribution in [-0.2, 0) is 24.9 Å². The summed E-state index contributed by atoms with van der Waals surface area (Å²) in [4.78, 5) is 4.28. The van der Waals surface area contributed by atoms with E-state index in [1.54, 1.807) is 6.20 Å². The van der Waals surface area contributed by atoms with Gasteiger partial charge >= 0.3 is 0 Å². The Kier molecular flexibility index (Phi) is 4.96. The summed E-state index contributed by atoms with van der Waals surface area (Å²) < 4.78 is 7.74. The van der Waals surface area contributed by atoms with Gasteiger partial charge in [0.2, 0.25) is 0 Å². The highest BCUT2D eigenvalue weighted by Gasteiger charge is 2.06. The number of rotatable bonds is 6. The average molecular weight is 324 g/mol. The molecule has 0 N–H and O–H groups in total. The van der Waals surface area contributed by atoms with Crippen molar-refractivity contribution in [2.45, 2.75) is 38.8 Å². The van der Waals surface area contributed by atoms with Gasteiger partial charge in [0.1, 0.15) is 12.4 Å². The van der Waals surface area contributed by atoms with E-state index in [2.05, 4.69) is 45.9 Å². The summed E-state index contributed by atoms with van der Waals surface area (Å²) in [6, 6.07) is 6.00. The lowest BCUT2D eigenvalue weighted by Crippen LogP contribution is -2.06. The van der Waals surface area contributed by atoms with Gasteiger partial charge in [0, 0.05) is 11.9 Å². The zero-order valence-corrected chi connectivity index (χ0v) is 12.9. The number of aryl methyl sites for hydroxylation is 2. The van der Waals surface area contributed by atoms with Gasteiger partial charge in [0.25, 0.3) is 0 Å². The number of ether oxygens (including phenoxy) is 1. The molecule has 2 heterocycles. The van der Waals surface area contributed by atoms with E-state index < -0.39 is 0 Å². The van der Waals surface area contributed by atoms with E-state index in [1.807, 2.05) is 16.8 Å². The second kappa shape index (κ2) is 6.70. The molecule has 0 fully saturated rings. The lowest BCUT2D eigenvalue weighted by atomic mass is 10.3. The normalized spacial score (nSPS) is 10.7. The Morgan fingerprint density at radius 2 is 2.11 bits per heavy atom. The van der Waals surface area contributed by atoms with Gasteiger partial charge in [0.05, 0.1) is 23.3 Å². The van der Waals surface area contributed by atoms with Crippen LogP contribution in [0.4, 0.5) is 0 Å². The molecule has 0 aliphatic heterocycles. The van der Waals surface area contributed by atoms with E-state index in [0.717, 1.165) is 41.1 Å². The van der Waals surface area contributed by atoms with Gasteiger partial charge in [-0.15, -0.1) is 0 Å². The van der Waals surface area contributed by atoms with Gasteiger partial charge in [-0.25, -0.2) is 0 Å². The largest absolute Gasteiger partial charge is 0.486 e. The molecule has 5 heteroatoms. The molecule has 0 bridgehead atoms. The van der Waals surface area contributed by atoms with Gasteiger partial charge in [0.15, 0.2) is 0 Å². The number of aromatic nitrogens is 3. The molecule has 0 radical (unpaired) electrons. The summed E-state index contributed by atoms with van der Waals surface area (Å²) in [7, 11) is 0. The molecule has 0 unspecified atom stereocenters. The van der Waals surface area contributed by atoms with Crippen molar-refractivity contribution >= 4 is 15.9 Å². The summed E-state index contributed by atoms with van der Waals surface area (Å²) in [5, 5.41) is 5.26. The predicted octanol–water partition coefficient (Wildman–Crippen LogP) is 3.33. The minimum atomic E-state index is 0.524. The maximum absolute atomic E-state index is 5.75. The maximum atomic E-state index is 5.75. The quantitative estimate of drug-likeness (QED) is 0.765. The molecule has 2 rings (SSSR count). The molecular formula is C14H18BrN3O. The summed E-state index contributed by atoms with van der Waals surface area (Å²) in [6.45, 7) is 5.58. The number of hydrogen-bond donors (Lipinski definition) is 0. The molecule has 102 valence electrons. The molecule has 0 aliphatic carbocycles. The number of alkyl halides is 1. The minimum absolute atomic E-state index is 0.524. The first-order chi connectivity index (χ1) is 9.26. The first kappa shape index (κ1) is 14.1. The number of hydrogen-bond acceptors (Lipinski definition) is 3. The van der Waals surface area contributed by atoms with Crippen LogP contribution in [-0.4, -0.2) is 14.8 Å². The van der Waals surface area contributed by atoms with Crippen LogP contribution in [0.2, 0.25) is 0 Å². The lowest BCUT2D eigenvalue weighted by Gasteiger charge is -2.07. The van der Waals surface area contributed by atoms with Crippen LogP contribution in [0.1, 0.15) is 30.9 Å². The fourth-order valence-electron chi connectivity index (χ4n) is 1.81. The van der Waals surface area contributed by atoms with Crippen LogP contribution in [0, 0.1) is 0 Å². The van der Waals surface area contributed by atoms with Crippen molar-refractivity contribution in [3.63, 3.8) is 0 Å². The van der Waals surface area contributed by atoms with Crippen molar-refractivity contribution in [3.8, 4) is 5.75 Å². The third-order valence-electron chi connectivity index (χ3n) is 2.90. The zero-order valence-electron chi connectivity index (χ0n) is 11.3. The van der Waals surface area contributed by atoms with E-state index >= 15 is 0 Å². The van der Waals surface area contributed by atoms with Crippen molar-refractivity contribution in [3.05, 3.63) is 41.5 Å². The van der Waals surface area contributed by atoms with Crippen LogP contribution < -0.4 is 4.74 Å². The third kappa shape index (κ3) is 3.56. The van der Waals surface area contributed by atoms with Crippen LogP contribution in [0.5, 0.6) is 5.75 Å². The molecule has 0 spiro atoms. The molecule has 0 amide bonds. The van der Waals surface area contributed by atoms with Crippen molar-refractivity contribution in [2.24, 2.45) is 0 Å². The second-order valence-electron chi connectivity index (χ2n) is 4.20. The molecule has 2 aromatic rings. The van der Waals surface area contributed by atoms with E-state index in [0.29, 0.717) is 6.61 Å². The van der Waals surface area contributed by atoms with E-state index in [1.165, 1.54) is 0 Å². The number of pyridine rings is 1. The van der Waals surface area contributed by atoms with Crippen LogP contribution >= 0.6 is 15.9 Å². The molecule has 2 aromatic heterocycles. The fraction of sp³-hybridized carbons (Fsp3) is 0.429. The minimum Gasteiger partial charge on any atom is -0.486 e. The van der Waals surface area contributed by atoms with Crippen LogP contribution in [0.25, 0.3) is 0 Å². The Morgan fingerprint density at radius 3 is 2.68 bits per heavy atom. The van der Waals surface area contributed by atoms with E-state index in [-0.39, 0.29) is 0 Å². The zero-order chi connectivity index (χ0) is 13.7. The van der Waals surface area contributed by atoms with Gasteiger partial charge in [-0.2, -0.15) is 5.10 Å². The van der Waals surface area contributed by atoms with Gasteiger partial charge in [-0.05, 0) is 31.5 Å². The molecule has 0 atom stereocenters. The van der Waals surface area contributed by atoms with E-state index in [4.69, 9.17) is 4.74 Å². The summed E-state index contributed by atoms with van der Waals surface area (Å²) in [6.07, 6.45) is 2.70. The molecule has 0 saturated heterocycles. The SMILES string of the molecule is CCc1cc(COc2ccc(CBr)nc2)n(CC)n1. The topological polar surface area (TPSA) is 39.9 Å².